The Hall–Kier alpha value is -1.46. The van der Waals surface area contributed by atoms with Crippen LogP contribution in [0.25, 0.3) is 0 Å². The fraction of sp³-hybridized carbons (Fsp3) is 0.538. The molecule has 2 aliphatic heterocycles. The highest BCUT2D eigenvalue weighted by Crippen LogP contribution is 2.27. The minimum absolute atomic E-state index is 0.163. The van der Waals surface area contributed by atoms with Crippen molar-refractivity contribution in [3.8, 4) is 0 Å². The molecule has 0 aliphatic carbocycles. The molecule has 0 spiro atoms. The Balaban J connectivity index is 1.75. The summed E-state index contributed by atoms with van der Waals surface area (Å²) >= 11 is 0. The summed E-state index contributed by atoms with van der Waals surface area (Å²) in [6.45, 7) is 2.43. The Labute approximate surface area is 105 Å². The molecule has 2 unspecified atom stereocenters. The first kappa shape index (κ1) is 11.6. The second-order valence-electron chi connectivity index (χ2n) is 4.97. The molecule has 96 valence electrons. The first-order valence-corrected chi connectivity index (χ1v) is 6.27. The third-order valence-corrected chi connectivity index (χ3v) is 3.61. The van der Waals surface area contributed by atoms with E-state index in [-0.39, 0.29) is 5.69 Å². The minimum atomic E-state index is -0.957. The fourth-order valence-electron chi connectivity index (χ4n) is 2.83. The van der Waals surface area contributed by atoms with E-state index in [0.717, 1.165) is 31.5 Å². The van der Waals surface area contributed by atoms with Crippen molar-refractivity contribution < 1.29 is 14.6 Å². The highest BCUT2D eigenvalue weighted by molar-refractivity contribution is 5.86. The molecule has 1 N–H and O–H groups in total. The third kappa shape index (κ3) is 2.23. The normalized spacial score (nSPS) is 27.3. The number of nitrogens with zero attached hydrogens (tertiary/aromatic N) is 2. The summed E-state index contributed by atoms with van der Waals surface area (Å²) in [4.78, 5) is 17.3. The molecule has 0 aromatic carbocycles. The summed E-state index contributed by atoms with van der Waals surface area (Å²) in [5, 5.41) is 9.11. The highest BCUT2D eigenvalue weighted by Gasteiger charge is 2.33. The van der Waals surface area contributed by atoms with Gasteiger partial charge in [0.1, 0.15) is 0 Å². The van der Waals surface area contributed by atoms with Gasteiger partial charge in [-0.15, -0.1) is 0 Å². The number of hydrogen-bond acceptors (Lipinski definition) is 4. The Morgan fingerprint density at radius 1 is 1.44 bits per heavy atom. The van der Waals surface area contributed by atoms with Gasteiger partial charge in [-0.3, -0.25) is 4.90 Å². The van der Waals surface area contributed by atoms with Gasteiger partial charge in [0.2, 0.25) is 0 Å². The monoisotopic (exact) mass is 248 g/mol. The first-order valence-electron chi connectivity index (χ1n) is 6.27. The van der Waals surface area contributed by atoms with E-state index in [1.807, 2.05) is 6.07 Å². The number of pyridine rings is 1. The molecule has 2 bridgehead atoms. The van der Waals surface area contributed by atoms with Crippen molar-refractivity contribution in [3.63, 3.8) is 0 Å². The second kappa shape index (κ2) is 4.66. The average Bonchev–Trinajstić information content (AvgIpc) is 2.69. The van der Waals surface area contributed by atoms with Crippen LogP contribution in [0.15, 0.2) is 18.3 Å². The van der Waals surface area contributed by atoms with Crippen LogP contribution in [0.2, 0.25) is 0 Å². The number of ether oxygens (including phenoxy) is 1. The van der Waals surface area contributed by atoms with Gasteiger partial charge in [-0.25, -0.2) is 9.78 Å². The molecule has 5 nitrogen and oxygen atoms in total. The van der Waals surface area contributed by atoms with Gasteiger partial charge >= 0.3 is 5.97 Å². The molecule has 2 fully saturated rings. The zero-order valence-corrected chi connectivity index (χ0v) is 10.1. The topological polar surface area (TPSA) is 62.7 Å². The molecule has 3 heterocycles. The lowest BCUT2D eigenvalue weighted by Gasteiger charge is -2.32. The van der Waals surface area contributed by atoms with Crippen molar-refractivity contribution in [1.29, 1.82) is 0 Å². The molecular weight excluding hydrogens is 232 g/mol. The molecule has 5 heteroatoms. The molecule has 2 aliphatic rings. The van der Waals surface area contributed by atoms with E-state index in [1.165, 1.54) is 6.20 Å². The van der Waals surface area contributed by atoms with E-state index >= 15 is 0 Å². The van der Waals surface area contributed by atoms with E-state index in [2.05, 4.69) is 9.88 Å². The van der Waals surface area contributed by atoms with Crippen molar-refractivity contribution in [1.82, 2.24) is 9.88 Å². The minimum Gasteiger partial charge on any atom is -0.477 e. The molecule has 2 atom stereocenters. The van der Waals surface area contributed by atoms with Crippen molar-refractivity contribution in [3.05, 3.63) is 29.6 Å². The van der Waals surface area contributed by atoms with Gasteiger partial charge in [-0.2, -0.15) is 0 Å². The predicted molar refractivity (Wildman–Crippen MR) is 64.4 cm³/mol. The van der Waals surface area contributed by atoms with Crippen LogP contribution in [0, 0.1) is 0 Å². The number of aromatic carboxylic acids is 1. The van der Waals surface area contributed by atoms with E-state index in [9.17, 15) is 4.79 Å². The maximum absolute atomic E-state index is 11.1. The van der Waals surface area contributed by atoms with Gasteiger partial charge in [0, 0.05) is 25.8 Å². The van der Waals surface area contributed by atoms with Crippen LogP contribution in [0.1, 0.15) is 28.9 Å². The van der Waals surface area contributed by atoms with E-state index < -0.39 is 5.97 Å². The third-order valence-electron chi connectivity index (χ3n) is 3.61. The summed E-state index contributed by atoms with van der Waals surface area (Å²) in [5.74, 6) is -0.957. The van der Waals surface area contributed by atoms with Crippen LogP contribution < -0.4 is 0 Å². The predicted octanol–water partition coefficient (Wildman–Crippen LogP) is 1.14. The lowest BCUT2D eigenvalue weighted by atomic mass is 10.1. The number of carbonyl (C=O) groups is 1. The van der Waals surface area contributed by atoms with Gasteiger partial charge in [0.05, 0.1) is 12.2 Å². The van der Waals surface area contributed by atoms with Crippen molar-refractivity contribution in [2.75, 3.05) is 13.1 Å². The van der Waals surface area contributed by atoms with Gasteiger partial charge < -0.3 is 9.84 Å². The van der Waals surface area contributed by atoms with Crippen LogP contribution in [0.4, 0.5) is 0 Å². The van der Waals surface area contributed by atoms with Gasteiger partial charge in [-0.1, -0.05) is 6.07 Å². The maximum Gasteiger partial charge on any atom is 0.354 e. The van der Waals surface area contributed by atoms with E-state index in [4.69, 9.17) is 9.84 Å². The quantitative estimate of drug-likeness (QED) is 0.869. The summed E-state index contributed by atoms with van der Waals surface area (Å²) in [7, 11) is 0. The fourth-order valence-corrected chi connectivity index (χ4v) is 2.83. The molecule has 1 aromatic rings. The number of hydrogen-bond donors (Lipinski definition) is 1. The lowest BCUT2D eigenvalue weighted by Crippen LogP contribution is -2.42. The number of carboxylic acid groups (broad SMARTS) is 1. The summed E-state index contributed by atoms with van der Waals surface area (Å²) in [6.07, 6.45) is 4.43. The van der Waals surface area contributed by atoms with E-state index in [1.54, 1.807) is 6.07 Å². The summed E-state index contributed by atoms with van der Waals surface area (Å²) < 4.78 is 5.77. The van der Waals surface area contributed by atoms with Crippen molar-refractivity contribution in [2.24, 2.45) is 0 Å². The first-order chi connectivity index (χ1) is 8.72. The summed E-state index contributed by atoms with van der Waals surface area (Å²) in [5.41, 5.74) is 0.947. The maximum atomic E-state index is 11.1. The Morgan fingerprint density at radius 2 is 2.17 bits per heavy atom. The van der Waals surface area contributed by atoms with Gasteiger partial charge in [0.15, 0.2) is 5.69 Å². The molecule has 0 amide bonds. The Kier molecular flexibility index (Phi) is 3.01. The number of fused-ring (bicyclic) bond motifs is 2. The number of likely N-dealkylation sites (tertiary alicyclic amines) is 1. The molecular formula is C13H16N2O3. The molecule has 0 radical (unpaired) electrons. The zero-order chi connectivity index (χ0) is 12.5. The van der Waals surface area contributed by atoms with Crippen LogP contribution in [-0.2, 0) is 11.3 Å². The number of rotatable bonds is 3. The average molecular weight is 248 g/mol. The molecule has 18 heavy (non-hydrogen) atoms. The lowest BCUT2D eigenvalue weighted by molar-refractivity contribution is -0.0411. The van der Waals surface area contributed by atoms with Gasteiger partial charge in [-0.05, 0) is 24.5 Å². The highest BCUT2D eigenvalue weighted by atomic mass is 16.5. The molecule has 0 saturated carbocycles. The summed E-state index contributed by atoms with van der Waals surface area (Å²) in [6, 6.07) is 3.63. The largest absolute Gasteiger partial charge is 0.477 e. The molecule has 3 rings (SSSR count). The van der Waals surface area contributed by atoms with E-state index in [0.29, 0.717) is 18.8 Å². The second-order valence-corrected chi connectivity index (χ2v) is 4.97. The smallest absolute Gasteiger partial charge is 0.354 e. The Bertz CT molecular complexity index is 451. The van der Waals surface area contributed by atoms with Crippen molar-refractivity contribution in [2.45, 2.75) is 31.6 Å². The SMILES string of the molecule is O=C(O)c1ncccc1CN1CC2CCC(C1)O2. The standard InChI is InChI=1S/C13H16N2O3/c16-13(17)12-9(2-1-5-14-12)6-15-7-10-3-4-11(8-15)18-10/h1-2,5,10-11H,3-4,6-8H2,(H,16,17). The molecule has 2 saturated heterocycles. The van der Waals surface area contributed by atoms with Crippen molar-refractivity contribution >= 4 is 5.97 Å². The number of aromatic nitrogens is 1. The van der Waals surface area contributed by atoms with Crippen LogP contribution >= 0.6 is 0 Å². The Morgan fingerprint density at radius 3 is 2.83 bits per heavy atom. The number of carboxylic acids is 1. The van der Waals surface area contributed by atoms with Crippen LogP contribution in [-0.4, -0.2) is 46.3 Å². The molecule has 1 aromatic heterocycles. The van der Waals surface area contributed by atoms with Gasteiger partial charge in [0.25, 0.3) is 0 Å². The van der Waals surface area contributed by atoms with Crippen LogP contribution in [0.5, 0.6) is 0 Å². The van der Waals surface area contributed by atoms with Crippen LogP contribution in [0.3, 0.4) is 0 Å². The number of morpholine rings is 1. The zero-order valence-electron chi connectivity index (χ0n) is 10.1.